The molecule has 0 saturated carbocycles. The van der Waals surface area contributed by atoms with Crippen molar-refractivity contribution in [3.8, 4) is 0 Å². The Labute approximate surface area is 149 Å². The summed E-state index contributed by atoms with van der Waals surface area (Å²) in [4.78, 5) is 25.5. The number of rotatable bonds is 4. The normalized spacial score (nSPS) is 10.4. The van der Waals surface area contributed by atoms with Crippen LogP contribution in [0.3, 0.4) is 0 Å². The van der Waals surface area contributed by atoms with Crippen molar-refractivity contribution in [2.75, 3.05) is 16.8 Å². The number of hydrogen-bond donors (Lipinski definition) is 1. The summed E-state index contributed by atoms with van der Waals surface area (Å²) in [6, 6.07) is 8.95. The molecule has 24 heavy (non-hydrogen) atoms. The quantitative estimate of drug-likeness (QED) is 0.867. The van der Waals surface area contributed by atoms with E-state index in [1.807, 2.05) is 6.92 Å². The molecule has 126 valence electrons. The van der Waals surface area contributed by atoms with E-state index in [4.69, 9.17) is 23.2 Å². The number of nitrogens with zero attached hydrogens (tertiary/aromatic N) is 1. The van der Waals surface area contributed by atoms with E-state index in [0.717, 1.165) is 11.6 Å². The van der Waals surface area contributed by atoms with Gasteiger partial charge in [0.05, 0.1) is 5.02 Å². The topological polar surface area (TPSA) is 49.4 Å². The molecule has 0 radical (unpaired) electrons. The second-order valence-corrected chi connectivity index (χ2v) is 6.06. The third kappa shape index (κ3) is 4.46. The molecule has 0 aromatic heterocycles. The number of hydrogen-bond acceptors (Lipinski definition) is 2. The third-order valence-corrected chi connectivity index (χ3v) is 3.87. The Bertz CT molecular complexity index is 796. The lowest BCUT2D eigenvalue weighted by atomic mass is 10.1. The highest BCUT2D eigenvalue weighted by molar-refractivity contribution is 6.31. The van der Waals surface area contributed by atoms with Gasteiger partial charge in [0.1, 0.15) is 12.4 Å². The molecule has 0 fully saturated rings. The monoisotopic (exact) mass is 368 g/mol. The average molecular weight is 369 g/mol. The number of anilines is 2. The lowest BCUT2D eigenvalue weighted by Gasteiger charge is -2.23. The summed E-state index contributed by atoms with van der Waals surface area (Å²) in [5.41, 5.74) is 1.72. The van der Waals surface area contributed by atoms with Gasteiger partial charge in [-0.1, -0.05) is 29.3 Å². The molecule has 0 aliphatic heterocycles. The van der Waals surface area contributed by atoms with Gasteiger partial charge in [-0.3, -0.25) is 9.59 Å². The van der Waals surface area contributed by atoms with Gasteiger partial charge in [-0.05, 0) is 42.8 Å². The van der Waals surface area contributed by atoms with Crippen molar-refractivity contribution in [2.24, 2.45) is 0 Å². The average Bonchev–Trinajstić information content (AvgIpc) is 2.51. The van der Waals surface area contributed by atoms with Crippen molar-refractivity contribution in [1.29, 1.82) is 0 Å². The number of benzene rings is 2. The van der Waals surface area contributed by atoms with Gasteiger partial charge in [0.2, 0.25) is 11.8 Å². The molecule has 4 nitrogen and oxygen atoms in total. The van der Waals surface area contributed by atoms with Crippen molar-refractivity contribution in [3.05, 3.63) is 57.8 Å². The summed E-state index contributed by atoms with van der Waals surface area (Å²) in [7, 11) is 0. The maximum Gasteiger partial charge on any atom is 0.244 e. The minimum absolute atomic E-state index is 0.0955. The summed E-state index contributed by atoms with van der Waals surface area (Å²) in [6.07, 6.45) is 0. The second kappa shape index (κ2) is 7.64. The fraction of sp³-hybridized carbons (Fsp3) is 0.176. The molecule has 2 amide bonds. The van der Waals surface area contributed by atoms with E-state index in [9.17, 15) is 14.0 Å². The zero-order chi connectivity index (χ0) is 17.9. The predicted octanol–water partition coefficient (Wildman–Crippen LogP) is 4.43. The van der Waals surface area contributed by atoms with Gasteiger partial charge in [0.15, 0.2) is 0 Å². The van der Waals surface area contributed by atoms with E-state index in [1.165, 1.54) is 24.0 Å². The number of amides is 2. The smallest absolute Gasteiger partial charge is 0.244 e. The number of carbonyl (C=O) groups is 2. The van der Waals surface area contributed by atoms with Gasteiger partial charge >= 0.3 is 0 Å². The van der Waals surface area contributed by atoms with Crippen molar-refractivity contribution in [2.45, 2.75) is 13.8 Å². The molecular weight excluding hydrogens is 354 g/mol. The van der Waals surface area contributed by atoms with E-state index in [-0.39, 0.29) is 17.5 Å². The first-order chi connectivity index (χ1) is 11.3. The summed E-state index contributed by atoms with van der Waals surface area (Å²) in [6.45, 7) is 2.98. The maximum absolute atomic E-state index is 13.1. The Morgan fingerprint density at radius 2 is 1.88 bits per heavy atom. The second-order valence-electron chi connectivity index (χ2n) is 5.21. The Morgan fingerprint density at radius 1 is 1.17 bits per heavy atom. The number of aryl methyl sites for hydroxylation is 1. The van der Waals surface area contributed by atoms with Crippen LogP contribution in [-0.4, -0.2) is 18.4 Å². The molecule has 0 unspecified atom stereocenters. The van der Waals surface area contributed by atoms with Crippen molar-refractivity contribution in [3.63, 3.8) is 0 Å². The van der Waals surface area contributed by atoms with Crippen LogP contribution in [0.15, 0.2) is 36.4 Å². The van der Waals surface area contributed by atoms with Crippen LogP contribution in [0, 0.1) is 12.7 Å². The van der Waals surface area contributed by atoms with Gasteiger partial charge in [-0.25, -0.2) is 4.39 Å². The van der Waals surface area contributed by atoms with Gasteiger partial charge in [-0.2, -0.15) is 0 Å². The van der Waals surface area contributed by atoms with Crippen LogP contribution in [0.25, 0.3) is 0 Å². The molecule has 0 atom stereocenters. The SMILES string of the molecule is CC(=O)N(CC(=O)Nc1ccc(F)c(Cl)c1)c1cc(Cl)ccc1C. The van der Waals surface area contributed by atoms with Gasteiger partial charge in [0.25, 0.3) is 0 Å². The van der Waals surface area contributed by atoms with Gasteiger partial charge in [-0.15, -0.1) is 0 Å². The first-order valence-electron chi connectivity index (χ1n) is 7.07. The minimum Gasteiger partial charge on any atom is -0.324 e. The zero-order valence-electron chi connectivity index (χ0n) is 13.1. The Hall–Kier alpha value is -2.11. The zero-order valence-corrected chi connectivity index (χ0v) is 14.6. The van der Waals surface area contributed by atoms with Crippen molar-refractivity contribution in [1.82, 2.24) is 0 Å². The van der Waals surface area contributed by atoms with Crippen LogP contribution < -0.4 is 10.2 Å². The third-order valence-electron chi connectivity index (χ3n) is 3.35. The lowest BCUT2D eigenvalue weighted by molar-refractivity contribution is -0.120. The van der Waals surface area contributed by atoms with Gasteiger partial charge in [0, 0.05) is 23.3 Å². The largest absolute Gasteiger partial charge is 0.324 e. The van der Waals surface area contributed by atoms with Crippen LogP contribution in [0.4, 0.5) is 15.8 Å². The summed E-state index contributed by atoms with van der Waals surface area (Å²) in [5.74, 6) is -1.31. The highest BCUT2D eigenvalue weighted by Gasteiger charge is 2.18. The lowest BCUT2D eigenvalue weighted by Crippen LogP contribution is -2.37. The Morgan fingerprint density at radius 3 is 2.50 bits per heavy atom. The molecule has 0 heterocycles. The summed E-state index contributed by atoms with van der Waals surface area (Å²) < 4.78 is 13.1. The first kappa shape index (κ1) is 18.2. The predicted molar refractivity (Wildman–Crippen MR) is 94.3 cm³/mol. The van der Waals surface area contributed by atoms with Crippen LogP contribution in [0.5, 0.6) is 0 Å². The summed E-state index contributed by atoms with van der Waals surface area (Å²) in [5, 5.41) is 2.95. The van der Waals surface area contributed by atoms with Crippen LogP contribution in [0.1, 0.15) is 12.5 Å². The van der Waals surface area contributed by atoms with Crippen LogP contribution >= 0.6 is 23.2 Å². The van der Waals surface area contributed by atoms with E-state index >= 15 is 0 Å². The van der Waals surface area contributed by atoms with Crippen molar-refractivity contribution >= 4 is 46.4 Å². The Kier molecular flexibility index (Phi) is 5.80. The number of carbonyl (C=O) groups excluding carboxylic acids is 2. The van der Waals surface area contributed by atoms with E-state index < -0.39 is 11.7 Å². The molecule has 0 saturated heterocycles. The molecule has 0 spiro atoms. The van der Waals surface area contributed by atoms with Crippen molar-refractivity contribution < 1.29 is 14.0 Å². The number of halogens is 3. The molecule has 2 aromatic carbocycles. The maximum atomic E-state index is 13.1. The molecule has 7 heteroatoms. The summed E-state index contributed by atoms with van der Waals surface area (Å²) >= 11 is 11.7. The van der Waals surface area contributed by atoms with E-state index in [1.54, 1.807) is 18.2 Å². The van der Waals surface area contributed by atoms with Gasteiger partial charge < -0.3 is 10.2 Å². The molecule has 1 N–H and O–H groups in total. The molecule has 0 aliphatic carbocycles. The fourth-order valence-electron chi connectivity index (χ4n) is 2.16. The number of nitrogens with one attached hydrogen (secondary N) is 1. The highest BCUT2D eigenvalue weighted by atomic mass is 35.5. The fourth-order valence-corrected chi connectivity index (χ4v) is 2.50. The molecule has 0 aliphatic rings. The van der Waals surface area contributed by atoms with E-state index in [2.05, 4.69) is 5.32 Å². The molecule has 2 aromatic rings. The molecular formula is C17H15Cl2FN2O2. The standard InChI is InChI=1S/C17H15Cl2FN2O2/c1-10-3-4-12(18)7-16(10)22(11(2)23)9-17(24)21-13-5-6-15(20)14(19)8-13/h3-8H,9H2,1-2H3,(H,21,24). The van der Waals surface area contributed by atoms with Crippen LogP contribution in [-0.2, 0) is 9.59 Å². The highest BCUT2D eigenvalue weighted by Crippen LogP contribution is 2.25. The molecule has 2 rings (SSSR count). The minimum atomic E-state index is -0.574. The molecule has 0 bridgehead atoms. The Balaban J connectivity index is 2.18. The van der Waals surface area contributed by atoms with E-state index in [0.29, 0.717) is 16.4 Å². The van der Waals surface area contributed by atoms with Crippen LogP contribution in [0.2, 0.25) is 10.0 Å². The first-order valence-corrected chi connectivity index (χ1v) is 7.82.